The molecule has 0 spiro atoms. The fraction of sp³-hybridized carbons (Fsp3) is 0.257. The Morgan fingerprint density at radius 3 is 1.96 bits per heavy atom. The molecule has 0 radical (unpaired) electrons. The quantitative estimate of drug-likeness (QED) is 0.167. The molecule has 4 aromatic rings. The van der Waals surface area contributed by atoms with Crippen LogP contribution >= 0.6 is 23.2 Å². The van der Waals surface area contributed by atoms with Gasteiger partial charge >= 0.3 is 0 Å². The Morgan fingerprint density at radius 2 is 1.38 bits per heavy atom. The van der Waals surface area contributed by atoms with Crippen molar-refractivity contribution in [2.75, 3.05) is 17.4 Å². The maximum Gasteiger partial charge on any atom is 0.264 e. The Balaban J connectivity index is 1.82. The fourth-order valence-electron chi connectivity index (χ4n) is 4.85. The third kappa shape index (κ3) is 8.66. The summed E-state index contributed by atoms with van der Waals surface area (Å²) in [5, 5.41) is 3.58. The molecule has 7 nitrogen and oxygen atoms in total. The number of halogens is 2. The van der Waals surface area contributed by atoms with Crippen LogP contribution < -0.4 is 9.62 Å². The monoisotopic (exact) mass is 665 g/mol. The summed E-state index contributed by atoms with van der Waals surface area (Å²) in [4.78, 5) is 29.7. The molecule has 0 aliphatic carbocycles. The fourth-order valence-corrected chi connectivity index (χ4v) is 6.78. The highest BCUT2D eigenvalue weighted by molar-refractivity contribution is 7.92. The van der Waals surface area contributed by atoms with E-state index in [1.165, 1.54) is 17.0 Å². The maximum atomic E-state index is 14.5. The standard InChI is InChI=1S/C35H37Cl2N3O4S/c1-4-21-38-35(42)33(22-27-9-6-5-7-10-27)39(23-30-31(36)11-8-12-32(30)37)34(41)24-40(28-17-13-25(2)14-18-28)45(43,44)29-19-15-26(3)16-20-29/h5-20,33H,4,21-24H2,1-3H3,(H,38,42). The topological polar surface area (TPSA) is 86.8 Å². The summed E-state index contributed by atoms with van der Waals surface area (Å²) < 4.78 is 29.3. The van der Waals surface area contributed by atoms with E-state index in [1.54, 1.807) is 54.6 Å². The van der Waals surface area contributed by atoms with Gasteiger partial charge in [0.25, 0.3) is 10.0 Å². The van der Waals surface area contributed by atoms with E-state index in [0.29, 0.717) is 34.3 Å². The molecule has 45 heavy (non-hydrogen) atoms. The number of rotatable bonds is 13. The second kappa shape index (κ2) is 15.4. The van der Waals surface area contributed by atoms with Gasteiger partial charge in [0.2, 0.25) is 11.8 Å². The summed E-state index contributed by atoms with van der Waals surface area (Å²) in [6, 6.07) is 26.8. The van der Waals surface area contributed by atoms with Crippen molar-refractivity contribution >= 4 is 50.7 Å². The molecule has 10 heteroatoms. The summed E-state index contributed by atoms with van der Waals surface area (Å²) >= 11 is 13.1. The minimum Gasteiger partial charge on any atom is -0.354 e. The largest absolute Gasteiger partial charge is 0.354 e. The molecule has 0 fully saturated rings. The van der Waals surface area contributed by atoms with Gasteiger partial charge < -0.3 is 10.2 Å². The first kappa shape index (κ1) is 34.0. The number of carbonyl (C=O) groups is 2. The van der Waals surface area contributed by atoms with Gasteiger partial charge in [0, 0.05) is 35.1 Å². The molecule has 4 rings (SSSR count). The first-order valence-electron chi connectivity index (χ1n) is 14.7. The molecule has 0 aromatic heterocycles. The number of amides is 2. The van der Waals surface area contributed by atoms with Gasteiger partial charge in [-0.3, -0.25) is 13.9 Å². The van der Waals surface area contributed by atoms with E-state index in [1.807, 2.05) is 51.1 Å². The van der Waals surface area contributed by atoms with Gasteiger partial charge in [-0.05, 0) is 62.2 Å². The van der Waals surface area contributed by atoms with Crippen LogP contribution in [-0.4, -0.2) is 44.3 Å². The molecule has 0 saturated carbocycles. The third-order valence-corrected chi connectivity index (χ3v) is 9.92. The van der Waals surface area contributed by atoms with Crippen LogP contribution in [0.5, 0.6) is 0 Å². The van der Waals surface area contributed by atoms with Gasteiger partial charge in [0.05, 0.1) is 10.6 Å². The summed E-state index contributed by atoms with van der Waals surface area (Å²) in [6.07, 6.45) is 0.892. The first-order valence-corrected chi connectivity index (χ1v) is 16.9. The highest BCUT2D eigenvalue weighted by atomic mass is 35.5. The molecular weight excluding hydrogens is 629 g/mol. The molecular formula is C35H37Cl2N3O4S. The molecule has 1 N–H and O–H groups in total. The Hall–Kier alpha value is -3.85. The van der Waals surface area contributed by atoms with Crippen LogP contribution in [0.3, 0.4) is 0 Å². The number of aryl methyl sites for hydroxylation is 2. The molecule has 0 saturated heterocycles. The lowest BCUT2D eigenvalue weighted by Gasteiger charge is -2.34. The van der Waals surface area contributed by atoms with Crippen molar-refractivity contribution in [3.63, 3.8) is 0 Å². The summed E-state index contributed by atoms with van der Waals surface area (Å²) in [5.74, 6) is -0.949. The summed E-state index contributed by atoms with van der Waals surface area (Å²) in [6.45, 7) is 5.44. The van der Waals surface area contributed by atoms with Crippen LogP contribution in [0.25, 0.3) is 0 Å². The van der Waals surface area contributed by atoms with Gasteiger partial charge in [0.1, 0.15) is 12.6 Å². The van der Waals surface area contributed by atoms with Gasteiger partial charge in [0.15, 0.2) is 0 Å². The van der Waals surface area contributed by atoms with Gasteiger partial charge in [-0.2, -0.15) is 0 Å². The average molecular weight is 667 g/mol. The van der Waals surface area contributed by atoms with Crippen molar-refractivity contribution < 1.29 is 18.0 Å². The molecule has 0 aliphatic rings. The van der Waals surface area contributed by atoms with E-state index in [4.69, 9.17) is 23.2 Å². The zero-order valence-electron chi connectivity index (χ0n) is 25.5. The van der Waals surface area contributed by atoms with Crippen molar-refractivity contribution in [1.29, 1.82) is 0 Å². The number of anilines is 1. The van der Waals surface area contributed by atoms with E-state index in [2.05, 4.69) is 5.32 Å². The molecule has 1 atom stereocenters. The SMILES string of the molecule is CCCNC(=O)C(Cc1ccccc1)N(Cc1c(Cl)cccc1Cl)C(=O)CN(c1ccc(C)cc1)S(=O)(=O)c1ccc(C)cc1. The lowest BCUT2D eigenvalue weighted by molar-refractivity contribution is -0.140. The zero-order valence-corrected chi connectivity index (χ0v) is 27.9. The van der Waals surface area contributed by atoms with Crippen LogP contribution in [0.1, 0.15) is 35.6 Å². The highest BCUT2D eigenvalue weighted by Crippen LogP contribution is 2.29. The minimum absolute atomic E-state index is 0.0451. The summed E-state index contributed by atoms with van der Waals surface area (Å²) in [7, 11) is -4.19. The average Bonchev–Trinajstić information content (AvgIpc) is 3.02. The van der Waals surface area contributed by atoms with Crippen LogP contribution in [0.15, 0.2) is 102 Å². The van der Waals surface area contributed by atoms with Crippen LogP contribution in [0.4, 0.5) is 5.69 Å². The smallest absolute Gasteiger partial charge is 0.264 e. The molecule has 2 amide bonds. The normalized spacial score (nSPS) is 11.9. The number of nitrogens with zero attached hydrogens (tertiary/aromatic N) is 2. The van der Waals surface area contributed by atoms with E-state index < -0.39 is 28.5 Å². The number of carbonyl (C=O) groups excluding carboxylic acids is 2. The molecule has 4 aromatic carbocycles. The maximum absolute atomic E-state index is 14.5. The Morgan fingerprint density at radius 1 is 0.800 bits per heavy atom. The second-order valence-electron chi connectivity index (χ2n) is 10.9. The lowest BCUT2D eigenvalue weighted by Crippen LogP contribution is -2.53. The number of hydrogen-bond donors (Lipinski definition) is 1. The molecule has 236 valence electrons. The molecule has 0 aliphatic heterocycles. The van der Waals surface area contributed by atoms with Crippen LogP contribution in [0, 0.1) is 13.8 Å². The number of sulfonamides is 1. The zero-order chi connectivity index (χ0) is 32.6. The predicted octanol–water partition coefficient (Wildman–Crippen LogP) is 6.97. The van der Waals surface area contributed by atoms with Crippen molar-refractivity contribution in [3.8, 4) is 0 Å². The highest BCUT2D eigenvalue weighted by Gasteiger charge is 2.35. The Bertz CT molecular complexity index is 1690. The molecule has 1 unspecified atom stereocenters. The number of nitrogens with one attached hydrogen (secondary N) is 1. The van der Waals surface area contributed by atoms with E-state index >= 15 is 0 Å². The van der Waals surface area contributed by atoms with Gasteiger partial charge in [-0.1, -0.05) is 102 Å². The van der Waals surface area contributed by atoms with Crippen molar-refractivity contribution in [3.05, 3.63) is 129 Å². The number of hydrogen-bond acceptors (Lipinski definition) is 4. The second-order valence-corrected chi connectivity index (χ2v) is 13.6. The summed E-state index contributed by atoms with van der Waals surface area (Å²) in [5.41, 5.74) is 3.44. The minimum atomic E-state index is -4.19. The molecule has 0 heterocycles. The lowest BCUT2D eigenvalue weighted by atomic mass is 10.0. The van der Waals surface area contributed by atoms with Crippen molar-refractivity contribution in [2.45, 2.75) is 51.1 Å². The van der Waals surface area contributed by atoms with Crippen molar-refractivity contribution in [2.24, 2.45) is 0 Å². The first-order chi connectivity index (χ1) is 21.5. The number of benzene rings is 4. The predicted molar refractivity (Wildman–Crippen MR) is 181 cm³/mol. The van der Waals surface area contributed by atoms with Crippen molar-refractivity contribution in [1.82, 2.24) is 10.2 Å². The Labute approximate surface area is 275 Å². The van der Waals surface area contributed by atoms with Crippen LogP contribution in [0.2, 0.25) is 10.0 Å². The van der Waals surface area contributed by atoms with E-state index in [-0.39, 0.29) is 23.8 Å². The van der Waals surface area contributed by atoms with Gasteiger partial charge in [-0.25, -0.2) is 8.42 Å². The van der Waals surface area contributed by atoms with E-state index in [0.717, 1.165) is 21.0 Å². The van der Waals surface area contributed by atoms with Crippen LogP contribution in [-0.2, 0) is 32.6 Å². The van der Waals surface area contributed by atoms with Gasteiger partial charge in [-0.15, -0.1) is 0 Å². The molecule has 0 bridgehead atoms. The Kier molecular flexibility index (Phi) is 11.7. The van der Waals surface area contributed by atoms with E-state index in [9.17, 15) is 18.0 Å². The third-order valence-electron chi connectivity index (χ3n) is 7.42.